The number of benzene rings is 1. The van der Waals surface area contributed by atoms with E-state index in [0.717, 1.165) is 0 Å². The molecule has 3 nitrogen and oxygen atoms in total. The summed E-state index contributed by atoms with van der Waals surface area (Å²) in [7, 11) is 0. The van der Waals surface area contributed by atoms with Crippen molar-refractivity contribution in [3.8, 4) is 0 Å². The van der Waals surface area contributed by atoms with Crippen molar-refractivity contribution in [1.82, 2.24) is 5.32 Å². The second-order valence-electron chi connectivity index (χ2n) is 6.20. The van der Waals surface area contributed by atoms with Gasteiger partial charge in [0, 0.05) is 5.54 Å². The Balaban J connectivity index is 3.31. The maximum absolute atomic E-state index is 13.3. The topological polar surface area (TPSA) is 32.3 Å². The molecule has 6 heteroatoms. The molecule has 0 saturated carbocycles. The maximum atomic E-state index is 13.3. The number of para-hydroxylation sites is 1. The van der Waals surface area contributed by atoms with Crippen LogP contribution in [0.3, 0.4) is 0 Å². The first kappa shape index (κ1) is 17.3. The van der Waals surface area contributed by atoms with Crippen molar-refractivity contribution < 1.29 is 18.0 Å². The summed E-state index contributed by atoms with van der Waals surface area (Å²) in [6, 6.07) is 4.89. The number of alkyl halides is 3. The Bertz CT molecular complexity index is 504. The number of rotatable bonds is 2. The molecule has 0 unspecified atom stereocenters. The van der Waals surface area contributed by atoms with E-state index in [0.29, 0.717) is 5.56 Å². The number of hydrogen-bond acceptors (Lipinski definition) is 1. The molecule has 1 rings (SSSR count). The number of anilines is 1. The first-order chi connectivity index (χ1) is 9.43. The number of hydrogen-bond donors (Lipinski definition) is 1. The summed E-state index contributed by atoms with van der Waals surface area (Å²) in [5.74, 6) is -0.131. The molecule has 0 aliphatic carbocycles. The molecule has 21 heavy (non-hydrogen) atoms. The lowest BCUT2D eigenvalue weighted by Crippen LogP contribution is -2.54. The van der Waals surface area contributed by atoms with Crippen molar-refractivity contribution in [3.05, 3.63) is 29.8 Å². The van der Waals surface area contributed by atoms with Crippen LogP contribution in [0.15, 0.2) is 24.3 Å². The van der Waals surface area contributed by atoms with Gasteiger partial charge in [0.2, 0.25) is 0 Å². The van der Waals surface area contributed by atoms with Crippen molar-refractivity contribution in [2.24, 2.45) is 0 Å². The average Bonchev–Trinajstić information content (AvgIpc) is 2.24. The largest absolute Gasteiger partial charge is 0.493 e. The first-order valence-electron chi connectivity index (χ1n) is 6.71. The van der Waals surface area contributed by atoms with E-state index in [4.69, 9.17) is 0 Å². The Morgan fingerprint density at radius 1 is 1.14 bits per heavy atom. The van der Waals surface area contributed by atoms with Gasteiger partial charge in [0.1, 0.15) is 0 Å². The molecule has 1 N–H and O–H groups in total. The lowest BCUT2D eigenvalue weighted by atomic mass is 10.0. The summed E-state index contributed by atoms with van der Waals surface area (Å²) in [6.45, 7) is 8.47. The molecule has 0 aliphatic rings. The minimum absolute atomic E-state index is 0.131. The second kappa shape index (κ2) is 5.95. The molecule has 0 radical (unpaired) electrons. The number of halogens is 3. The van der Waals surface area contributed by atoms with Gasteiger partial charge in [-0.1, -0.05) is 32.0 Å². The lowest BCUT2D eigenvalue weighted by Gasteiger charge is -2.31. The van der Waals surface area contributed by atoms with E-state index in [1.807, 2.05) is 0 Å². The predicted octanol–water partition coefficient (Wildman–Crippen LogP) is 4.64. The van der Waals surface area contributed by atoms with Crippen molar-refractivity contribution in [2.45, 2.75) is 52.4 Å². The minimum atomic E-state index is -4.79. The fourth-order valence-electron chi connectivity index (χ4n) is 1.92. The average molecular weight is 302 g/mol. The Hall–Kier alpha value is -1.72. The van der Waals surface area contributed by atoms with Crippen LogP contribution in [0.2, 0.25) is 0 Å². The SMILES string of the molecule is CC(C)c1ccccc1N(C(=O)NC(C)(C)C)C(F)(F)F. The van der Waals surface area contributed by atoms with E-state index >= 15 is 0 Å². The second-order valence-corrected chi connectivity index (χ2v) is 6.20. The smallest absolute Gasteiger partial charge is 0.333 e. The molecule has 2 amide bonds. The van der Waals surface area contributed by atoms with Crippen LogP contribution in [0.5, 0.6) is 0 Å². The zero-order valence-corrected chi connectivity index (χ0v) is 12.9. The summed E-state index contributed by atoms with van der Waals surface area (Å²) < 4.78 is 40.0. The summed E-state index contributed by atoms with van der Waals surface area (Å²) in [4.78, 5) is 11.9. The van der Waals surface area contributed by atoms with Crippen LogP contribution in [0.1, 0.15) is 46.1 Å². The molecule has 0 heterocycles. The minimum Gasteiger partial charge on any atom is -0.333 e. The van der Waals surface area contributed by atoms with Gasteiger partial charge in [0.15, 0.2) is 0 Å². The third kappa shape index (κ3) is 4.65. The van der Waals surface area contributed by atoms with Gasteiger partial charge < -0.3 is 5.32 Å². The highest BCUT2D eigenvalue weighted by Crippen LogP contribution is 2.34. The number of amides is 2. The molecule has 0 spiro atoms. The van der Waals surface area contributed by atoms with Crippen LogP contribution in [-0.2, 0) is 0 Å². The van der Waals surface area contributed by atoms with E-state index in [1.165, 1.54) is 12.1 Å². The molecule has 1 aromatic carbocycles. The summed E-state index contributed by atoms with van der Waals surface area (Å²) in [5.41, 5.74) is -0.423. The molecule has 0 fully saturated rings. The van der Waals surface area contributed by atoms with Gasteiger partial charge >= 0.3 is 12.3 Å². The van der Waals surface area contributed by atoms with Crippen molar-refractivity contribution >= 4 is 11.7 Å². The lowest BCUT2D eigenvalue weighted by molar-refractivity contribution is -0.121. The molecular formula is C15H21F3N2O. The predicted molar refractivity (Wildman–Crippen MR) is 77.3 cm³/mol. The van der Waals surface area contributed by atoms with Crippen LogP contribution in [-0.4, -0.2) is 17.9 Å². The van der Waals surface area contributed by atoms with E-state index in [2.05, 4.69) is 5.32 Å². The highest BCUT2D eigenvalue weighted by molar-refractivity contribution is 5.94. The normalized spacial score (nSPS) is 12.4. The molecule has 0 aliphatic heterocycles. The Kier molecular flexibility index (Phi) is 4.91. The van der Waals surface area contributed by atoms with Gasteiger partial charge in [-0.15, -0.1) is 13.2 Å². The van der Waals surface area contributed by atoms with E-state index in [-0.39, 0.29) is 16.5 Å². The monoisotopic (exact) mass is 302 g/mol. The highest BCUT2D eigenvalue weighted by Gasteiger charge is 2.44. The fraction of sp³-hybridized carbons (Fsp3) is 0.533. The molecule has 0 saturated heterocycles. The number of nitrogens with one attached hydrogen (secondary N) is 1. The van der Waals surface area contributed by atoms with Gasteiger partial charge in [-0.25, -0.2) is 9.69 Å². The summed E-state index contributed by atoms with van der Waals surface area (Å²) in [6.07, 6.45) is -4.79. The van der Waals surface area contributed by atoms with Gasteiger partial charge in [0.25, 0.3) is 0 Å². The van der Waals surface area contributed by atoms with Crippen LogP contribution >= 0.6 is 0 Å². The Morgan fingerprint density at radius 2 is 1.67 bits per heavy atom. The van der Waals surface area contributed by atoms with Gasteiger partial charge in [0.05, 0.1) is 5.69 Å². The van der Waals surface area contributed by atoms with Crippen LogP contribution < -0.4 is 10.2 Å². The van der Waals surface area contributed by atoms with Gasteiger partial charge in [-0.05, 0) is 38.3 Å². The van der Waals surface area contributed by atoms with Crippen molar-refractivity contribution in [2.75, 3.05) is 4.90 Å². The third-order valence-electron chi connectivity index (χ3n) is 2.74. The van der Waals surface area contributed by atoms with E-state index in [9.17, 15) is 18.0 Å². The number of carbonyl (C=O) groups excluding carboxylic acids is 1. The van der Waals surface area contributed by atoms with Crippen molar-refractivity contribution in [3.63, 3.8) is 0 Å². The van der Waals surface area contributed by atoms with Crippen LogP contribution in [0.25, 0.3) is 0 Å². The van der Waals surface area contributed by atoms with Crippen LogP contribution in [0, 0.1) is 0 Å². The summed E-state index contributed by atoms with van der Waals surface area (Å²) in [5, 5.41) is 2.36. The Morgan fingerprint density at radius 3 is 2.10 bits per heavy atom. The molecule has 0 aromatic heterocycles. The van der Waals surface area contributed by atoms with Gasteiger partial charge in [-0.2, -0.15) is 0 Å². The van der Waals surface area contributed by atoms with Crippen molar-refractivity contribution in [1.29, 1.82) is 0 Å². The zero-order chi connectivity index (χ0) is 16.4. The standard InChI is InChI=1S/C15H21F3N2O/c1-10(2)11-8-6-7-9-12(11)20(15(16,17)18)13(21)19-14(3,4)5/h6-10H,1-5H3,(H,19,21). The quantitative estimate of drug-likeness (QED) is 0.793. The first-order valence-corrected chi connectivity index (χ1v) is 6.71. The van der Waals surface area contributed by atoms with Crippen LogP contribution in [0.4, 0.5) is 23.7 Å². The Labute approximate surface area is 123 Å². The zero-order valence-electron chi connectivity index (χ0n) is 12.9. The molecule has 1 aromatic rings. The summed E-state index contributed by atoms with van der Waals surface area (Å²) >= 11 is 0. The molecule has 0 bridgehead atoms. The highest BCUT2D eigenvalue weighted by atomic mass is 19.4. The van der Waals surface area contributed by atoms with E-state index < -0.39 is 17.9 Å². The number of nitrogens with zero attached hydrogens (tertiary/aromatic N) is 1. The molecular weight excluding hydrogens is 281 g/mol. The number of carbonyl (C=O) groups is 1. The van der Waals surface area contributed by atoms with E-state index in [1.54, 1.807) is 46.8 Å². The molecule has 0 atom stereocenters. The molecule has 118 valence electrons. The fourth-order valence-corrected chi connectivity index (χ4v) is 1.92. The number of urea groups is 1. The van der Waals surface area contributed by atoms with Gasteiger partial charge in [-0.3, -0.25) is 0 Å². The maximum Gasteiger partial charge on any atom is 0.493 e. The third-order valence-corrected chi connectivity index (χ3v) is 2.74.